The Hall–Kier alpha value is -2.14. The number of aromatic hydroxyl groups is 1. The van der Waals surface area contributed by atoms with E-state index in [1.165, 1.54) is 0 Å². The lowest BCUT2D eigenvalue weighted by Crippen LogP contribution is -2.35. The van der Waals surface area contributed by atoms with Crippen LogP contribution in [0.2, 0.25) is 0 Å². The van der Waals surface area contributed by atoms with Gasteiger partial charge >= 0.3 is 0 Å². The van der Waals surface area contributed by atoms with Crippen LogP contribution in [-0.2, 0) is 19.5 Å². The predicted molar refractivity (Wildman–Crippen MR) is 82.8 cm³/mol. The molecule has 1 aromatic carbocycles. The van der Waals surface area contributed by atoms with Crippen molar-refractivity contribution in [3.8, 4) is 5.75 Å². The van der Waals surface area contributed by atoms with Crippen molar-refractivity contribution in [1.82, 2.24) is 14.9 Å². The zero-order valence-corrected chi connectivity index (χ0v) is 12.4. The van der Waals surface area contributed by atoms with Crippen LogP contribution in [0.4, 0.5) is 0 Å². The number of hydrogen-bond donors (Lipinski definition) is 2. The molecule has 2 N–H and O–H groups in total. The molecule has 5 heteroatoms. The zero-order chi connectivity index (χ0) is 15.1. The number of nitrogens with one attached hydrogen (secondary N) is 1. The van der Waals surface area contributed by atoms with Crippen LogP contribution in [0.5, 0.6) is 5.75 Å². The maximum atomic E-state index is 12.3. The van der Waals surface area contributed by atoms with E-state index in [0.717, 1.165) is 55.0 Å². The fraction of sp³-hybridized carbons (Fsp3) is 0.412. The van der Waals surface area contributed by atoms with Crippen LogP contribution in [0, 0.1) is 0 Å². The highest BCUT2D eigenvalue weighted by molar-refractivity contribution is 5.28. The first-order valence-electron chi connectivity index (χ1n) is 7.81. The summed E-state index contributed by atoms with van der Waals surface area (Å²) < 4.78 is 0. The molecule has 0 saturated heterocycles. The third-order valence-corrected chi connectivity index (χ3v) is 4.45. The molecular weight excluding hydrogens is 278 g/mol. The summed E-state index contributed by atoms with van der Waals surface area (Å²) >= 11 is 0. The number of phenolic OH excluding ortho intramolecular Hbond substituents is 1. The first kappa shape index (κ1) is 13.5. The Bertz CT molecular complexity index is 765. The third-order valence-electron chi connectivity index (χ3n) is 4.45. The lowest BCUT2D eigenvalue weighted by molar-refractivity contribution is 0.241. The monoisotopic (exact) mass is 297 g/mol. The van der Waals surface area contributed by atoms with Crippen molar-refractivity contribution in [2.45, 2.75) is 38.3 Å². The summed E-state index contributed by atoms with van der Waals surface area (Å²) in [5, 5.41) is 9.55. The Morgan fingerprint density at radius 2 is 2.23 bits per heavy atom. The van der Waals surface area contributed by atoms with Crippen molar-refractivity contribution in [2.24, 2.45) is 0 Å². The van der Waals surface area contributed by atoms with Crippen molar-refractivity contribution >= 4 is 0 Å². The van der Waals surface area contributed by atoms with E-state index in [0.29, 0.717) is 12.5 Å². The van der Waals surface area contributed by atoms with Crippen LogP contribution in [-0.4, -0.2) is 26.5 Å². The standard InChI is InChI=1S/C17H19N3O2/c21-13-3-1-2-11(8-13)9-20-7-6-15-14(10-20)17(22)19-16(18-15)12-4-5-12/h1-3,8,12,21H,4-7,9-10H2,(H,18,19,22). The van der Waals surface area contributed by atoms with Gasteiger partial charge in [-0.25, -0.2) is 4.98 Å². The smallest absolute Gasteiger partial charge is 0.255 e. The van der Waals surface area contributed by atoms with E-state index in [-0.39, 0.29) is 11.3 Å². The Balaban J connectivity index is 1.55. The van der Waals surface area contributed by atoms with Gasteiger partial charge in [-0.3, -0.25) is 9.69 Å². The minimum Gasteiger partial charge on any atom is -0.508 e. The normalized spacial score (nSPS) is 18.2. The van der Waals surface area contributed by atoms with E-state index in [9.17, 15) is 9.90 Å². The quantitative estimate of drug-likeness (QED) is 0.908. The molecule has 0 spiro atoms. The average Bonchev–Trinajstić information content (AvgIpc) is 3.32. The maximum Gasteiger partial charge on any atom is 0.255 e. The summed E-state index contributed by atoms with van der Waals surface area (Å²) in [6, 6.07) is 7.28. The summed E-state index contributed by atoms with van der Waals surface area (Å²) in [4.78, 5) is 22.2. The molecule has 0 unspecified atom stereocenters. The second-order valence-corrected chi connectivity index (χ2v) is 6.28. The van der Waals surface area contributed by atoms with Gasteiger partial charge in [-0.15, -0.1) is 0 Å². The fourth-order valence-electron chi connectivity index (χ4n) is 3.10. The average molecular weight is 297 g/mol. The molecule has 4 rings (SSSR count). The maximum absolute atomic E-state index is 12.3. The van der Waals surface area contributed by atoms with Gasteiger partial charge in [-0.1, -0.05) is 12.1 Å². The topological polar surface area (TPSA) is 69.2 Å². The van der Waals surface area contributed by atoms with Crippen LogP contribution in [0.15, 0.2) is 29.1 Å². The van der Waals surface area contributed by atoms with E-state index in [4.69, 9.17) is 0 Å². The van der Waals surface area contributed by atoms with E-state index >= 15 is 0 Å². The van der Waals surface area contributed by atoms with Crippen LogP contribution >= 0.6 is 0 Å². The van der Waals surface area contributed by atoms with E-state index in [1.54, 1.807) is 12.1 Å². The molecule has 1 aliphatic heterocycles. The molecule has 0 amide bonds. The van der Waals surface area contributed by atoms with Crippen molar-refractivity contribution < 1.29 is 5.11 Å². The number of H-pyrrole nitrogens is 1. The molecular formula is C17H19N3O2. The second kappa shape index (κ2) is 5.25. The Kier molecular flexibility index (Phi) is 3.22. The zero-order valence-electron chi connectivity index (χ0n) is 12.4. The van der Waals surface area contributed by atoms with Gasteiger partial charge in [0.1, 0.15) is 11.6 Å². The highest BCUT2D eigenvalue weighted by Crippen LogP contribution is 2.37. The van der Waals surface area contributed by atoms with E-state index < -0.39 is 0 Å². The first-order valence-corrected chi connectivity index (χ1v) is 7.81. The van der Waals surface area contributed by atoms with Crippen molar-refractivity contribution in [2.75, 3.05) is 6.54 Å². The number of aromatic amines is 1. The molecule has 1 saturated carbocycles. The van der Waals surface area contributed by atoms with Crippen LogP contribution in [0.25, 0.3) is 0 Å². The Labute approximate surface area is 128 Å². The second-order valence-electron chi connectivity index (χ2n) is 6.28. The minimum absolute atomic E-state index is 0.0208. The lowest BCUT2D eigenvalue weighted by atomic mass is 10.1. The Morgan fingerprint density at radius 3 is 3.00 bits per heavy atom. The molecule has 2 aliphatic rings. The largest absolute Gasteiger partial charge is 0.508 e. The molecule has 0 bridgehead atoms. The molecule has 0 radical (unpaired) electrons. The number of fused-ring (bicyclic) bond motifs is 1. The van der Waals surface area contributed by atoms with Gasteiger partial charge in [-0.05, 0) is 30.5 Å². The molecule has 1 fully saturated rings. The molecule has 2 aromatic rings. The summed E-state index contributed by atoms with van der Waals surface area (Å²) in [6.45, 7) is 2.25. The summed E-state index contributed by atoms with van der Waals surface area (Å²) in [6.07, 6.45) is 3.11. The molecule has 22 heavy (non-hydrogen) atoms. The van der Waals surface area contributed by atoms with Crippen molar-refractivity contribution in [1.29, 1.82) is 0 Å². The first-order chi connectivity index (χ1) is 10.7. The number of phenols is 1. The number of rotatable bonds is 3. The van der Waals surface area contributed by atoms with Gasteiger partial charge in [0, 0.05) is 32.0 Å². The Morgan fingerprint density at radius 1 is 1.36 bits per heavy atom. The molecule has 1 aromatic heterocycles. The summed E-state index contributed by atoms with van der Waals surface area (Å²) in [7, 11) is 0. The number of aromatic nitrogens is 2. The highest BCUT2D eigenvalue weighted by Gasteiger charge is 2.29. The highest BCUT2D eigenvalue weighted by atomic mass is 16.3. The van der Waals surface area contributed by atoms with E-state index in [1.807, 2.05) is 12.1 Å². The fourth-order valence-corrected chi connectivity index (χ4v) is 3.10. The molecule has 1 aliphatic carbocycles. The minimum atomic E-state index is 0.0208. The van der Waals surface area contributed by atoms with Crippen molar-refractivity contribution in [3.63, 3.8) is 0 Å². The summed E-state index contributed by atoms with van der Waals surface area (Å²) in [5.41, 5.74) is 2.85. The van der Waals surface area contributed by atoms with Gasteiger partial charge in [-0.2, -0.15) is 0 Å². The number of hydrogen-bond acceptors (Lipinski definition) is 4. The predicted octanol–water partition coefficient (Wildman–Crippen LogP) is 1.91. The molecule has 2 heterocycles. The molecule has 5 nitrogen and oxygen atoms in total. The van der Waals surface area contributed by atoms with Gasteiger partial charge in [0.15, 0.2) is 0 Å². The number of benzene rings is 1. The van der Waals surface area contributed by atoms with Gasteiger partial charge in [0.05, 0.1) is 11.3 Å². The SMILES string of the molecule is O=c1[nH]c(C2CC2)nc2c1CN(Cc1cccc(O)c1)CC2. The van der Waals surface area contributed by atoms with Gasteiger partial charge in [0.25, 0.3) is 5.56 Å². The van der Waals surface area contributed by atoms with Gasteiger partial charge in [0.2, 0.25) is 0 Å². The number of nitrogens with zero attached hydrogens (tertiary/aromatic N) is 2. The van der Waals surface area contributed by atoms with E-state index in [2.05, 4.69) is 14.9 Å². The van der Waals surface area contributed by atoms with Crippen LogP contribution in [0.1, 0.15) is 41.4 Å². The molecule has 114 valence electrons. The molecule has 0 atom stereocenters. The van der Waals surface area contributed by atoms with Gasteiger partial charge < -0.3 is 10.1 Å². The van der Waals surface area contributed by atoms with Crippen molar-refractivity contribution in [3.05, 3.63) is 57.3 Å². The van der Waals surface area contributed by atoms with Crippen LogP contribution in [0.3, 0.4) is 0 Å². The van der Waals surface area contributed by atoms with Crippen LogP contribution < -0.4 is 5.56 Å². The lowest BCUT2D eigenvalue weighted by Gasteiger charge is -2.27. The summed E-state index contributed by atoms with van der Waals surface area (Å²) in [5.74, 6) is 1.64. The third kappa shape index (κ3) is 2.64.